The molecule has 1 aromatic rings. The topological polar surface area (TPSA) is 32.7 Å². The highest BCUT2D eigenvalue weighted by Gasteiger charge is 2.17. The van der Waals surface area contributed by atoms with E-state index in [0.29, 0.717) is 6.61 Å². The SMILES string of the molecule is CCOc1ccc(C(O)CCN2CCCC(C)C2)cc1. The molecule has 1 saturated heterocycles. The highest BCUT2D eigenvalue weighted by atomic mass is 16.5. The summed E-state index contributed by atoms with van der Waals surface area (Å²) in [6.07, 6.45) is 3.07. The van der Waals surface area contributed by atoms with Gasteiger partial charge in [0.1, 0.15) is 5.75 Å². The van der Waals surface area contributed by atoms with Gasteiger partial charge < -0.3 is 14.7 Å². The molecule has 20 heavy (non-hydrogen) atoms. The van der Waals surface area contributed by atoms with Crippen LogP contribution in [0.15, 0.2) is 24.3 Å². The second-order valence-corrected chi connectivity index (χ2v) is 5.85. The van der Waals surface area contributed by atoms with Crippen molar-refractivity contribution in [2.75, 3.05) is 26.2 Å². The molecule has 0 aliphatic carbocycles. The molecule has 1 aliphatic rings. The first-order valence-corrected chi connectivity index (χ1v) is 7.82. The third-order valence-corrected chi connectivity index (χ3v) is 4.04. The zero-order chi connectivity index (χ0) is 14.4. The second kappa shape index (κ2) is 7.65. The first-order chi connectivity index (χ1) is 9.69. The number of hydrogen-bond acceptors (Lipinski definition) is 3. The van der Waals surface area contributed by atoms with Gasteiger partial charge >= 0.3 is 0 Å². The summed E-state index contributed by atoms with van der Waals surface area (Å²) in [6, 6.07) is 7.80. The molecular weight excluding hydrogens is 250 g/mol. The maximum Gasteiger partial charge on any atom is 0.119 e. The molecule has 0 radical (unpaired) electrons. The predicted octanol–water partition coefficient (Wildman–Crippen LogP) is 3.24. The normalized spacial score (nSPS) is 21.6. The van der Waals surface area contributed by atoms with Gasteiger partial charge in [0, 0.05) is 13.1 Å². The molecule has 112 valence electrons. The van der Waals surface area contributed by atoms with Crippen molar-refractivity contribution in [3.63, 3.8) is 0 Å². The maximum atomic E-state index is 10.3. The van der Waals surface area contributed by atoms with E-state index >= 15 is 0 Å². The van der Waals surface area contributed by atoms with Crippen molar-refractivity contribution in [1.29, 1.82) is 0 Å². The molecule has 3 heteroatoms. The van der Waals surface area contributed by atoms with Crippen LogP contribution in [0.25, 0.3) is 0 Å². The Morgan fingerprint density at radius 3 is 2.75 bits per heavy atom. The number of rotatable bonds is 6. The largest absolute Gasteiger partial charge is 0.494 e. The van der Waals surface area contributed by atoms with E-state index < -0.39 is 0 Å². The van der Waals surface area contributed by atoms with Crippen LogP contribution in [0.4, 0.5) is 0 Å². The van der Waals surface area contributed by atoms with Crippen LogP contribution in [-0.4, -0.2) is 36.2 Å². The van der Waals surface area contributed by atoms with Crippen LogP contribution >= 0.6 is 0 Å². The lowest BCUT2D eigenvalue weighted by atomic mass is 9.99. The first kappa shape index (κ1) is 15.3. The van der Waals surface area contributed by atoms with Crippen LogP contribution in [0.3, 0.4) is 0 Å². The minimum Gasteiger partial charge on any atom is -0.494 e. The Balaban J connectivity index is 1.80. The van der Waals surface area contributed by atoms with Crippen molar-refractivity contribution in [2.24, 2.45) is 5.92 Å². The molecular formula is C17H27NO2. The summed E-state index contributed by atoms with van der Waals surface area (Å²) < 4.78 is 5.42. The monoisotopic (exact) mass is 277 g/mol. The van der Waals surface area contributed by atoms with Crippen LogP contribution in [0.1, 0.15) is 44.8 Å². The molecule has 0 amide bonds. The van der Waals surface area contributed by atoms with E-state index in [0.717, 1.165) is 30.2 Å². The van der Waals surface area contributed by atoms with Gasteiger partial charge in [-0.05, 0) is 56.3 Å². The lowest BCUT2D eigenvalue weighted by molar-refractivity contribution is 0.122. The summed E-state index contributed by atoms with van der Waals surface area (Å²) in [5, 5.41) is 10.3. The lowest BCUT2D eigenvalue weighted by Gasteiger charge is -2.31. The summed E-state index contributed by atoms with van der Waals surface area (Å²) in [6.45, 7) is 8.31. The van der Waals surface area contributed by atoms with Crippen molar-refractivity contribution in [1.82, 2.24) is 4.90 Å². The molecule has 2 atom stereocenters. The Morgan fingerprint density at radius 2 is 2.10 bits per heavy atom. The average Bonchev–Trinajstić information content (AvgIpc) is 2.46. The number of aliphatic hydroxyl groups excluding tert-OH is 1. The van der Waals surface area contributed by atoms with Gasteiger partial charge in [0.05, 0.1) is 12.7 Å². The number of nitrogens with zero attached hydrogens (tertiary/aromatic N) is 1. The Bertz CT molecular complexity index is 390. The van der Waals surface area contributed by atoms with E-state index in [1.165, 1.54) is 25.9 Å². The van der Waals surface area contributed by atoms with Crippen LogP contribution in [0, 0.1) is 5.92 Å². The van der Waals surface area contributed by atoms with Crippen LogP contribution < -0.4 is 4.74 Å². The Hall–Kier alpha value is -1.06. The maximum absolute atomic E-state index is 10.3. The molecule has 1 N–H and O–H groups in total. The number of hydrogen-bond donors (Lipinski definition) is 1. The van der Waals surface area contributed by atoms with Gasteiger partial charge in [0.2, 0.25) is 0 Å². The highest BCUT2D eigenvalue weighted by molar-refractivity contribution is 5.28. The Morgan fingerprint density at radius 1 is 1.35 bits per heavy atom. The number of piperidine rings is 1. The van der Waals surface area contributed by atoms with Crippen molar-refractivity contribution < 1.29 is 9.84 Å². The number of ether oxygens (including phenoxy) is 1. The van der Waals surface area contributed by atoms with Gasteiger partial charge in [-0.1, -0.05) is 19.1 Å². The fraction of sp³-hybridized carbons (Fsp3) is 0.647. The summed E-state index contributed by atoms with van der Waals surface area (Å²) in [5.74, 6) is 1.67. The standard InChI is InChI=1S/C17H27NO2/c1-3-20-16-8-6-15(7-9-16)17(19)10-12-18-11-4-5-14(2)13-18/h6-9,14,17,19H,3-5,10-13H2,1-2H3. The van der Waals surface area contributed by atoms with E-state index in [1.54, 1.807) is 0 Å². The lowest BCUT2D eigenvalue weighted by Crippen LogP contribution is -2.35. The van der Waals surface area contributed by atoms with Gasteiger partial charge in [-0.3, -0.25) is 0 Å². The third kappa shape index (κ3) is 4.50. The average molecular weight is 277 g/mol. The number of aliphatic hydroxyl groups is 1. The van der Waals surface area contributed by atoms with Crippen LogP contribution in [-0.2, 0) is 0 Å². The zero-order valence-electron chi connectivity index (χ0n) is 12.7. The molecule has 1 aliphatic heterocycles. The van der Waals surface area contributed by atoms with Gasteiger partial charge in [-0.25, -0.2) is 0 Å². The molecule has 3 nitrogen and oxygen atoms in total. The third-order valence-electron chi connectivity index (χ3n) is 4.04. The number of likely N-dealkylation sites (tertiary alicyclic amines) is 1. The van der Waals surface area contributed by atoms with Crippen LogP contribution in [0.2, 0.25) is 0 Å². The van der Waals surface area contributed by atoms with E-state index in [4.69, 9.17) is 4.74 Å². The van der Waals surface area contributed by atoms with Crippen molar-refractivity contribution in [3.05, 3.63) is 29.8 Å². The van der Waals surface area contributed by atoms with E-state index in [-0.39, 0.29) is 6.10 Å². The summed E-state index contributed by atoms with van der Waals surface area (Å²) >= 11 is 0. The number of benzene rings is 1. The van der Waals surface area contributed by atoms with Crippen molar-refractivity contribution in [2.45, 2.75) is 39.2 Å². The van der Waals surface area contributed by atoms with Crippen molar-refractivity contribution in [3.8, 4) is 5.75 Å². The molecule has 2 unspecified atom stereocenters. The summed E-state index contributed by atoms with van der Waals surface area (Å²) in [7, 11) is 0. The molecule has 1 aromatic carbocycles. The molecule has 0 spiro atoms. The second-order valence-electron chi connectivity index (χ2n) is 5.85. The predicted molar refractivity (Wildman–Crippen MR) is 82.0 cm³/mol. The van der Waals surface area contributed by atoms with Crippen LogP contribution in [0.5, 0.6) is 5.75 Å². The molecule has 0 aromatic heterocycles. The first-order valence-electron chi connectivity index (χ1n) is 7.82. The molecule has 1 fully saturated rings. The van der Waals surface area contributed by atoms with E-state index in [9.17, 15) is 5.11 Å². The fourth-order valence-corrected chi connectivity index (χ4v) is 2.91. The molecule has 1 heterocycles. The van der Waals surface area contributed by atoms with Gasteiger partial charge in [0.25, 0.3) is 0 Å². The highest BCUT2D eigenvalue weighted by Crippen LogP contribution is 2.22. The smallest absolute Gasteiger partial charge is 0.119 e. The molecule has 0 saturated carbocycles. The minimum absolute atomic E-state index is 0.372. The van der Waals surface area contributed by atoms with Gasteiger partial charge in [-0.2, -0.15) is 0 Å². The molecule has 0 bridgehead atoms. The van der Waals surface area contributed by atoms with Crippen molar-refractivity contribution >= 4 is 0 Å². The molecule has 2 rings (SSSR count). The quantitative estimate of drug-likeness (QED) is 0.866. The summed E-state index contributed by atoms with van der Waals surface area (Å²) in [4.78, 5) is 2.48. The Labute approximate surface area is 122 Å². The van der Waals surface area contributed by atoms with Gasteiger partial charge in [0.15, 0.2) is 0 Å². The van der Waals surface area contributed by atoms with Gasteiger partial charge in [-0.15, -0.1) is 0 Å². The van der Waals surface area contributed by atoms with E-state index in [1.807, 2.05) is 31.2 Å². The minimum atomic E-state index is -0.372. The zero-order valence-corrected chi connectivity index (χ0v) is 12.7. The summed E-state index contributed by atoms with van der Waals surface area (Å²) in [5.41, 5.74) is 0.985. The fourth-order valence-electron chi connectivity index (χ4n) is 2.91. The Kier molecular flexibility index (Phi) is 5.86. The van der Waals surface area contributed by atoms with E-state index in [2.05, 4.69) is 11.8 Å².